The van der Waals surface area contributed by atoms with Crippen LogP contribution in [0.5, 0.6) is 0 Å². The van der Waals surface area contributed by atoms with Crippen LogP contribution in [0.2, 0.25) is 0 Å². The highest BCUT2D eigenvalue weighted by Crippen LogP contribution is 2.23. The van der Waals surface area contributed by atoms with E-state index in [0.29, 0.717) is 31.0 Å². The van der Waals surface area contributed by atoms with E-state index >= 15 is 0 Å². The number of pyridine rings is 1. The molecular formula is C17H18N2O3. The predicted octanol–water partition coefficient (Wildman–Crippen LogP) is 2.27. The van der Waals surface area contributed by atoms with Crippen molar-refractivity contribution in [2.24, 2.45) is 0 Å². The van der Waals surface area contributed by atoms with Gasteiger partial charge in [-0.1, -0.05) is 25.3 Å². The molecule has 0 aliphatic carbocycles. The summed E-state index contributed by atoms with van der Waals surface area (Å²) in [6.45, 7) is 10.3. The van der Waals surface area contributed by atoms with Gasteiger partial charge >= 0.3 is 5.97 Å². The molecule has 1 fully saturated rings. The van der Waals surface area contributed by atoms with E-state index in [1.807, 2.05) is 0 Å². The fraction of sp³-hybridized carbons (Fsp3) is 0.235. The molecule has 0 saturated carbocycles. The summed E-state index contributed by atoms with van der Waals surface area (Å²) in [6, 6.07) is 5.09. The van der Waals surface area contributed by atoms with Crippen LogP contribution in [0.15, 0.2) is 54.7 Å². The van der Waals surface area contributed by atoms with Gasteiger partial charge in [-0.3, -0.25) is 4.79 Å². The number of ether oxygens (including phenoxy) is 1. The van der Waals surface area contributed by atoms with Gasteiger partial charge < -0.3 is 9.64 Å². The first-order valence-corrected chi connectivity index (χ1v) is 7.00. The van der Waals surface area contributed by atoms with Crippen molar-refractivity contribution in [1.29, 1.82) is 0 Å². The van der Waals surface area contributed by atoms with E-state index in [1.54, 1.807) is 42.2 Å². The molecule has 114 valence electrons. The van der Waals surface area contributed by atoms with Gasteiger partial charge in [0.25, 0.3) is 5.91 Å². The second-order valence-electron chi connectivity index (χ2n) is 4.82. The van der Waals surface area contributed by atoms with Crippen molar-refractivity contribution in [3.8, 4) is 0 Å². The van der Waals surface area contributed by atoms with Gasteiger partial charge in [-0.2, -0.15) is 0 Å². The third-order valence-electron chi connectivity index (χ3n) is 3.21. The highest BCUT2D eigenvalue weighted by atomic mass is 16.5. The topological polar surface area (TPSA) is 59.5 Å². The zero-order valence-electron chi connectivity index (χ0n) is 12.5. The smallest absolute Gasteiger partial charge is 0.356 e. The van der Waals surface area contributed by atoms with E-state index in [1.165, 1.54) is 0 Å². The van der Waals surface area contributed by atoms with Crippen molar-refractivity contribution < 1.29 is 14.3 Å². The Labute approximate surface area is 129 Å². The average molecular weight is 298 g/mol. The zero-order valence-corrected chi connectivity index (χ0v) is 12.5. The summed E-state index contributed by atoms with van der Waals surface area (Å²) in [7, 11) is 0. The van der Waals surface area contributed by atoms with Crippen molar-refractivity contribution in [2.75, 3.05) is 13.2 Å². The standard InChI is InChI=1S/C17H18N2O3/c1-4-7-14-12(3)10-19(16(14)20)11-13-8-6-9-15(18-13)17(21)22-5-2/h4,6-9H,1,3,5,10-11H2,2H3/b14-7+. The van der Waals surface area contributed by atoms with Crippen LogP contribution in [0.1, 0.15) is 23.1 Å². The summed E-state index contributed by atoms with van der Waals surface area (Å²) >= 11 is 0. The first kappa shape index (κ1) is 15.7. The molecule has 0 bridgehead atoms. The fourth-order valence-corrected chi connectivity index (χ4v) is 2.23. The lowest BCUT2D eigenvalue weighted by atomic mass is 10.1. The number of esters is 1. The van der Waals surface area contributed by atoms with Crippen LogP contribution in [-0.2, 0) is 16.1 Å². The molecule has 1 amide bonds. The van der Waals surface area contributed by atoms with Gasteiger partial charge in [0.2, 0.25) is 0 Å². The number of carbonyl (C=O) groups excluding carboxylic acids is 2. The van der Waals surface area contributed by atoms with E-state index in [-0.39, 0.29) is 11.6 Å². The van der Waals surface area contributed by atoms with E-state index in [9.17, 15) is 9.59 Å². The second-order valence-corrected chi connectivity index (χ2v) is 4.82. The average Bonchev–Trinajstić information content (AvgIpc) is 2.76. The molecule has 0 spiro atoms. The van der Waals surface area contributed by atoms with Crippen molar-refractivity contribution in [2.45, 2.75) is 13.5 Å². The largest absolute Gasteiger partial charge is 0.461 e. The molecule has 22 heavy (non-hydrogen) atoms. The second kappa shape index (κ2) is 6.85. The number of allylic oxidation sites excluding steroid dienone is 2. The van der Waals surface area contributed by atoms with E-state index < -0.39 is 5.97 Å². The molecule has 0 N–H and O–H groups in total. The number of carbonyl (C=O) groups is 2. The lowest BCUT2D eigenvalue weighted by Crippen LogP contribution is -2.25. The van der Waals surface area contributed by atoms with Crippen LogP contribution in [0.4, 0.5) is 0 Å². The molecule has 0 atom stereocenters. The first-order valence-electron chi connectivity index (χ1n) is 7.00. The van der Waals surface area contributed by atoms with Crippen LogP contribution < -0.4 is 0 Å². The summed E-state index contributed by atoms with van der Waals surface area (Å²) < 4.78 is 4.92. The Hall–Kier alpha value is -2.69. The Bertz CT molecular complexity index is 662. The van der Waals surface area contributed by atoms with E-state index in [4.69, 9.17) is 4.74 Å². The first-order chi connectivity index (χ1) is 10.6. The SMILES string of the molecule is C=C/C=C1\C(=C)CN(Cc2cccc(C(=O)OCC)n2)C1=O. The fourth-order valence-electron chi connectivity index (χ4n) is 2.23. The molecule has 1 aliphatic rings. The Morgan fingerprint density at radius 2 is 2.27 bits per heavy atom. The normalized spacial score (nSPS) is 16.2. The van der Waals surface area contributed by atoms with Crippen molar-refractivity contribution >= 4 is 11.9 Å². The molecular weight excluding hydrogens is 280 g/mol. The molecule has 5 heteroatoms. The minimum absolute atomic E-state index is 0.103. The van der Waals surface area contributed by atoms with Crippen molar-refractivity contribution in [3.05, 3.63) is 66.0 Å². The number of likely N-dealkylation sites (tertiary alicyclic amines) is 1. The third-order valence-corrected chi connectivity index (χ3v) is 3.21. The number of aromatic nitrogens is 1. The van der Waals surface area contributed by atoms with E-state index in [0.717, 1.165) is 5.57 Å². The monoisotopic (exact) mass is 298 g/mol. The summed E-state index contributed by atoms with van der Waals surface area (Å²) in [6.07, 6.45) is 3.23. The summed E-state index contributed by atoms with van der Waals surface area (Å²) in [5.74, 6) is -0.568. The molecule has 5 nitrogen and oxygen atoms in total. The minimum atomic E-state index is -0.464. The van der Waals surface area contributed by atoms with Gasteiger partial charge in [0.15, 0.2) is 0 Å². The number of rotatable bonds is 5. The van der Waals surface area contributed by atoms with Gasteiger partial charge in [0.1, 0.15) is 5.69 Å². The summed E-state index contributed by atoms with van der Waals surface area (Å²) in [5.41, 5.74) is 2.20. The molecule has 0 aromatic carbocycles. The molecule has 1 saturated heterocycles. The van der Waals surface area contributed by atoms with Gasteiger partial charge in [-0.25, -0.2) is 9.78 Å². The predicted molar refractivity (Wildman–Crippen MR) is 83.0 cm³/mol. The van der Waals surface area contributed by atoms with Crippen LogP contribution in [0, 0.1) is 0 Å². The Kier molecular flexibility index (Phi) is 4.88. The molecule has 0 unspecified atom stereocenters. The van der Waals surface area contributed by atoms with Crippen molar-refractivity contribution in [1.82, 2.24) is 9.88 Å². The molecule has 1 aliphatic heterocycles. The van der Waals surface area contributed by atoms with Gasteiger partial charge in [0, 0.05) is 12.1 Å². The number of nitrogens with zero attached hydrogens (tertiary/aromatic N) is 2. The Morgan fingerprint density at radius 1 is 1.50 bits per heavy atom. The molecule has 2 rings (SSSR count). The Balaban J connectivity index is 2.15. The minimum Gasteiger partial charge on any atom is -0.461 e. The molecule has 2 heterocycles. The van der Waals surface area contributed by atoms with Gasteiger partial charge in [-0.15, -0.1) is 0 Å². The van der Waals surface area contributed by atoms with Crippen LogP contribution in [0.3, 0.4) is 0 Å². The highest BCUT2D eigenvalue weighted by Gasteiger charge is 2.29. The van der Waals surface area contributed by atoms with Crippen LogP contribution in [0.25, 0.3) is 0 Å². The summed E-state index contributed by atoms with van der Waals surface area (Å²) in [4.78, 5) is 29.8. The van der Waals surface area contributed by atoms with Crippen molar-refractivity contribution in [3.63, 3.8) is 0 Å². The number of hydrogen-bond acceptors (Lipinski definition) is 4. The lowest BCUT2D eigenvalue weighted by Gasteiger charge is -2.14. The lowest BCUT2D eigenvalue weighted by molar-refractivity contribution is -0.125. The maximum atomic E-state index is 12.3. The molecule has 1 aromatic heterocycles. The van der Waals surface area contributed by atoms with Gasteiger partial charge in [0.05, 0.1) is 18.8 Å². The van der Waals surface area contributed by atoms with Crippen LogP contribution >= 0.6 is 0 Å². The maximum Gasteiger partial charge on any atom is 0.356 e. The third kappa shape index (κ3) is 3.31. The maximum absolute atomic E-state index is 12.3. The summed E-state index contributed by atoms with van der Waals surface area (Å²) in [5, 5.41) is 0. The van der Waals surface area contributed by atoms with Gasteiger partial charge in [-0.05, 0) is 30.7 Å². The molecule has 1 aromatic rings. The highest BCUT2D eigenvalue weighted by molar-refractivity contribution is 6.01. The Morgan fingerprint density at radius 3 is 2.95 bits per heavy atom. The number of amides is 1. The van der Waals surface area contributed by atoms with Crippen LogP contribution in [-0.4, -0.2) is 34.9 Å². The number of hydrogen-bond donors (Lipinski definition) is 0. The quantitative estimate of drug-likeness (QED) is 0.618. The molecule has 0 radical (unpaired) electrons. The van der Waals surface area contributed by atoms with E-state index in [2.05, 4.69) is 18.1 Å². The zero-order chi connectivity index (χ0) is 16.1.